The van der Waals surface area contributed by atoms with Gasteiger partial charge >= 0.3 is 0 Å². The van der Waals surface area contributed by atoms with Crippen molar-refractivity contribution in [1.82, 2.24) is 5.32 Å². The molecule has 0 aliphatic rings. The van der Waals surface area contributed by atoms with Gasteiger partial charge in [-0.15, -0.1) is 0 Å². The number of benzene rings is 2. The molecule has 0 heterocycles. The molecule has 0 spiro atoms. The highest BCUT2D eigenvalue weighted by Gasteiger charge is 2.16. The summed E-state index contributed by atoms with van der Waals surface area (Å²) in [5, 5.41) is 3.00. The number of nitrogens with one attached hydrogen (secondary N) is 1. The highest BCUT2D eigenvalue weighted by molar-refractivity contribution is 9.10. The zero-order valence-electron chi connectivity index (χ0n) is 13.6. The predicted octanol–water partition coefficient (Wildman–Crippen LogP) is 4.27. The van der Waals surface area contributed by atoms with E-state index in [0.717, 1.165) is 21.3 Å². The minimum absolute atomic E-state index is 0.149. The number of aryl methyl sites for hydroxylation is 1. The highest BCUT2D eigenvalue weighted by Crippen LogP contribution is 2.28. The summed E-state index contributed by atoms with van der Waals surface area (Å²) in [6.45, 7) is 3.95. The quantitative estimate of drug-likeness (QED) is 0.846. The van der Waals surface area contributed by atoms with Gasteiger partial charge in [-0.2, -0.15) is 0 Å². The van der Waals surface area contributed by atoms with E-state index in [1.165, 1.54) is 0 Å². The molecule has 0 aliphatic carbocycles. The summed E-state index contributed by atoms with van der Waals surface area (Å²) in [5.41, 5.74) is 2.64. The Bertz CT molecular complexity index is 715. The van der Waals surface area contributed by atoms with Crippen LogP contribution in [0.4, 0.5) is 0 Å². The van der Waals surface area contributed by atoms with Crippen molar-refractivity contribution in [3.05, 3.63) is 57.6 Å². The second-order valence-electron chi connectivity index (χ2n) is 5.29. The van der Waals surface area contributed by atoms with Gasteiger partial charge < -0.3 is 14.8 Å². The smallest absolute Gasteiger partial charge is 0.251 e. The molecule has 122 valence electrons. The van der Waals surface area contributed by atoms with Crippen molar-refractivity contribution in [3.63, 3.8) is 0 Å². The number of carbonyl (C=O) groups excluding carboxylic acids is 1. The van der Waals surface area contributed by atoms with Crippen LogP contribution in [-0.4, -0.2) is 20.1 Å². The summed E-state index contributed by atoms with van der Waals surface area (Å²) in [7, 11) is 3.22. The number of halogens is 1. The van der Waals surface area contributed by atoms with Gasteiger partial charge in [-0.05, 0) is 54.0 Å². The summed E-state index contributed by atoms with van der Waals surface area (Å²) < 4.78 is 11.3. The molecule has 23 heavy (non-hydrogen) atoms. The van der Waals surface area contributed by atoms with E-state index in [2.05, 4.69) is 21.2 Å². The van der Waals surface area contributed by atoms with Gasteiger partial charge in [0.2, 0.25) is 0 Å². The lowest BCUT2D eigenvalue weighted by molar-refractivity contribution is 0.0939. The Kier molecular flexibility index (Phi) is 5.66. The zero-order chi connectivity index (χ0) is 17.0. The van der Waals surface area contributed by atoms with Crippen LogP contribution in [0.5, 0.6) is 11.5 Å². The molecule has 4 nitrogen and oxygen atoms in total. The van der Waals surface area contributed by atoms with Crippen molar-refractivity contribution < 1.29 is 14.3 Å². The zero-order valence-corrected chi connectivity index (χ0v) is 15.2. The summed E-state index contributed by atoms with van der Waals surface area (Å²) in [5.74, 6) is 1.30. The molecule has 2 aromatic rings. The van der Waals surface area contributed by atoms with Gasteiger partial charge in [0.05, 0.1) is 24.7 Å². The SMILES string of the molecule is COc1ccc(C(=O)N[C@H](C)c2cc(C)ccc2OC)cc1Br. The fourth-order valence-electron chi connectivity index (χ4n) is 2.36. The van der Waals surface area contributed by atoms with Gasteiger partial charge in [-0.3, -0.25) is 4.79 Å². The van der Waals surface area contributed by atoms with E-state index < -0.39 is 0 Å². The molecule has 1 amide bonds. The molecule has 5 heteroatoms. The largest absolute Gasteiger partial charge is 0.496 e. The lowest BCUT2D eigenvalue weighted by atomic mass is 10.0. The maximum Gasteiger partial charge on any atom is 0.251 e. The molecule has 0 radical (unpaired) electrons. The molecule has 0 bridgehead atoms. The van der Waals surface area contributed by atoms with Gasteiger partial charge in [0.25, 0.3) is 5.91 Å². The Morgan fingerprint density at radius 1 is 1.09 bits per heavy atom. The molecule has 1 atom stereocenters. The number of ether oxygens (including phenoxy) is 2. The van der Waals surface area contributed by atoms with E-state index in [-0.39, 0.29) is 11.9 Å². The van der Waals surface area contributed by atoms with Crippen LogP contribution in [0.25, 0.3) is 0 Å². The molecular weight excluding hydrogens is 358 g/mol. The summed E-state index contributed by atoms with van der Waals surface area (Å²) in [4.78, 5) is 12.5. The first-order valence-electron chi connectivity index (χ1n) is 7.25. The van der Waals surface area contributed by atoms with Gasteiger partial charge in [-0.25, -0.2) is 0 Å². The first kappa shape index (κ1) is 17.3. The Morgan fingerprint density at radius 2 is 1.74 bits per heavy atom. The lowest BCUT2D eigenvalue weighted by Gasteiger charge is -2.18. The van der Waals surface area contributed by atoms with E-state index in [9.17, 15) is 4.79 Å². The average molecular weight is 378 g/mol. The predicted molar refractivity (Wildman–Crippen MR) is 94.3 cm³/mol. The number of methoxy groups -OCH3 is 2. The van der Waals surface area contributed by atoms with E-state index in [1.807, 2.05) is 32.0 Å². The van der Waals surface area contributed by atoms with Gasteiger partial charge in [-0.1, -0.05) is 17.7 Å². The highest BCUT2D eigenvalue weighted by atomic mass is 79.9. The van der Waals surface area contributed by atoms with Crippen molar-refractivity contribution in [3.8, 4) is 11.5 Å². The van der Waals surface area contributed by atoms with Crippen LogP contribution in [0.3, 0.4) is 0 Å². The fraction of sp³-hybridized carbons (Fsp3) is 0.278. The third-order valence-corrected chi connectivity index (χ3v) is 4.23. The van der Waals surface area contributed by atoms with Crippen molar-refractivity contribution >= 4 is 21.8 Å². The van der Waals surface area contributed by atoms with E-state index >= 15 is 0 Å². The molecule has 0 saturated heterocycles. The molecule has 0 aliphatic heterocycles. The lowest BCUT2D eigenvalue weighted by Crippen LogP contribution is -2.27. The molecule has 0 aromatic heterocycles. The van der Waals surface area contributed by atoms with Crippen molar-refractivity contribution in [2.24, 2.45) is 0 Å². The Hall–Kier alpha value is -2.01. The minimum atomic E-state index is -0.168. The van der Waals surface area contributed by atoms with Crippen LogP contribution in [0, 0.1) is 6.92 Å². The van der Waals surface area contributed by atoms with Gasteiger partial charge in [0, 0.05) is 11.1 Å². The van der Waals surface area contributed by atoms with E-state index in [1.54, 1.807) is 32.4 Å². The Balaban J connectivity index is 2.20. The maximum atomic E-state index is 12.5. The van der Waals surface area contributed by atoms with Gasteiger partial charge in [0.1, 0.15) is 11.5 Å². The number of hydrogen-bond donors (Lipinski definition) is 1. The monoisotopic (exact) mass is 377 g/mol. The van der Waals surface area contributed by atoms with Crippen molar-refractivity contribution in [1.29, 1.82) is 0 Å². The molecule has 2 rings (SSSR count). The van der Waals surface area contributed by atoms with E-state index in [0.29, 0.717) is 11.3 Å². The fourth-order valence-corrected chi connectivity index (χ4v) is 2.90. The Morgan fingerprint density at radius 3 is 2.35 bits per heavy atom. The second-order valence-corrected chi connectivity index (χ2v) is 6.14. The normalized spacial score (nSPS) is 11.7. The Labute approximate surface area is 144 Å². The third kappa shape index (κ3) is 4.05. The molecule has 0 fully saturated rings. The van der Waals surface area contributed by atoms with Gasteiger partial charge in [0.15, 0.2) is 0 Å². The summed E-state index contributed by atoms with van der Waals surface area (Å²) >= 11 is 3.39. The van der Waals surface area contributed by atoms with E-state index in [4.69, 9.17) is 9.47 Å². The van der Waals surface area contributed by atoms with Crippen molar-refractivity contribution in [2.45, 2.75) is 19.9 Å². The first-order chi connectivity index (χ1) is 11.0. The minimum Gasteiger partial charge on any atom is -0.496 e. The topological polar surface area (TPSA) is 47.6 Å². The van der Waals surface area contributed by atoms with Crippen LogP contribution in [0.1, 0.15) is 34.5 Å². The van der Waals surface area contributed by atoms with Crippen LogP contribution < -0.4 is 14.8 Å². The maximum absolute atomic E-state index is 12.5. The number of hydrogen-bond acceptors (Lipinski definition) is 3. The molecule has 0 unspecified atom stereocenters. The number of carbonyl (C=O) groups is 1. The number of amides is 1. The van der Waals surface area contributed by atoms with Crippen LogP contribution in [0.2, 0.25) is 0 Å². The van der Waals surface area contributed by atoms with Crippen LogP contribution in [0.15, 0.2) is 40.9 Å². The van der Waals surface area contributed by atoms with Crippen LogP contribution in [-0.2, 0) is 0 Å². The second kappa shape index (κ2) is 7.51. The van der Waals surface area contributed by atoms with Crippen LogP contribution >= 0.6 is 15.9 Å². The summed E-state index contributed by atoms with van der Waals surface area (Å²) in [6.07, 6.45) is 0. The molecule has 1 N–H and O–H groups in total. The third-order valence-electron chi connectivity index (χ3n) is 3.61. The standard InChI is InChI=1S/C18H20BrNO3/c1-11-5-7-16(22-3)14(9-11)12(2)20-18(21)13-6-8-17(23-4)15(19)10-13/h5-10,12H,1-4H3,(H,20,21)/t12-/m1/s1. The average Bonchev–Trinajstić information content (AvgIpc) is 2.54. The molecular formula is C18H20BrNO3. The molecule has 0 saturated carbocycles. The summed E-state index contributed by atoms with van der Waals surface area (Å²) in [6, 6.07) is 11.0. The number of rotatable bonds is 5. The van der Waals surface area contributed by atoms with Crippen molar-refractivity contribution in [2.75, 3.05) is 14.2 Å². The molecule has 2 aromatic carbocycles. The first-order valence-corrected chi connectivity index (χ1v) is 8.04.